The molecule has 1 nitrogen and oxygen atoms in total. The van der Waals surface area contributed by atoms with Crippen molar-refractivity contribution in [2.24, 2.45) is 5.73 Å². The van der Waals surface area contributed by atoms with Crippen LogP contribution in [0.4, 0.5) is 0 Å². The maximum absolute atomic E-state index is 5.86. The van der Waals surface area contributed by atoms with E-state index >= 15 is 0 Å². The highest BCUT2D eigenvalue weighted by atomic mass is 32.1. The fraction of sp³-hybridized carbons (Fsp3) is 0.429. The summed E-state index contributed by atoms with van der Waals surface area (Å²) in [5, 5.41) is 1.44. The first-order valence-electron chi connectivity index (χ1n) is 5.77. The summed E-state index contributed by atoms with van der Waals surface area (Å²) in [6, 6.07) is 4.43. The van der Waals surface area contributed by atoms with Gasteiger partial charge in [0, 0.05) is 16.1 Å². The number of hydrogen-bond acceptors (Lipinski definition) is 2. The molecular formula is C14H19NS. The molecule has 0 atom stereocenters. The Labute approximate surface area is 101 Å². The molecule has 1 heterocycles. The van der Waals surface area contributed by atoms with Gasteiger partial charge in [-0.15, -0.1) is 11.3 Å². The van der Waals surface area contributed by atoms with Crippen LogP contribution >= 0.6 is 11.3 Å². The first-order valence-corrected chi connectivity index (χ1v) is 6.59. The lowest BCUT2D eigenvalue weighted by atomic mass is 9.95. The van der Waals surface area contributed by atoms with Gasteiger partial charge in [0.25, 0.3) is 0 Å². The Hall–Kier alpha value is -0.860. The average molecular weight is 233 g/mol. The summed E-state index contributed by atoms with van der Waals surface area (Å²) < 4.78 is 1.42. The van der Waals surface area contributed by atoms with E-state index in [0.29, 0.717) is 12.5 Å². The van der Waals surface area contributed by atoms with Crippen molar-refractivity contribution in [3.05, 3.63) is 33.7 Å². The molecule has 86 valence electrons. The van der Waals surface area contributed by atoms with Crippen molar-refractivity contribution in [3.8, 4) is 0 Å². The normalized spacial score (nSPS) is 11.6. The zero-order valence-corrected chi connectivity index (χ0v) is 11.2. The quantitative estimate of drug-likeness (QED) is 0.830. The molecule has 0 radical (unpaired) electrons. The lowest BCUT2D eigenvalue weighted by Gasteiger charge is -2.09. The van der Waals surface area contributed by atoms with Crippen LogP contribution in [0.3, 0.4) is 0 Å². The standard InChI is InChI=1S/C14H19NS/c1-8(2)12-11(7-15)16-14-10(4)6-5-9(3)13(12)14/h5-6,8H,7,15H2,1-4H3. The second kappa shape index (κ2) is 4.19. The van der Waals surface area contributed by atoms with Crippen molar-refractivity contribution in [1.82, 2.24) is 0 Å². The van der Waals surface area contributed by atoms with E-state index < -0.39 is 0 Å². The summed E-state index contributed by atoms with van der Waals surface area (Å²) in [4.78, 5) is 1.35. The SMILES string of the molecule is Cc1ccc(C)c2c(C(C)C)c(CN)sc12. The van der Waals surface area contributed by atoms with E-state index in [1.54, 1.807) is 0 Å². The van der Waals surface area contributed by atoms with Crippen LogP contribution in [0.15, 0.2) is 12.1 Å². The lowest BCUT2D eigenvalue weighted by Crippen LogP contribution is -1.99. The molecule has 0 bridgehead atoms. The highest BCUT2D eigenvalue weighted by Crippen LogP contribution is 2.39. The van der Waals surface area contributed by atoms with Gasteiger partial charge < -0.3 is 5.73 Å². The molecule has 1 aromatic carbocycles. The molecule has 0 spiro atoms. The van der Waals surface area contributed by atoms with Crippen molar-refractivity contribution < 1.29 is 0 Å². The monoisotopic (exact) mass is 233 g/mol. The van der Waals surface area contributed by atoms with E-state index in [4.69, 9.17) is 5.73 Å². The van der Waals surface area contributed by atoms with E-state index in [9.17, 15) is 0 Å². The number of benzene rings is 1. The Morgan fingerprint density at radius 2 is 1.81 bits per heavy atom. The Morgan fingerprint density at radius 1 is 1.19 bits per heavy atom. The Morgan fingerprint density at radius 3 is 2.38 bits per heavy atom. The largest absolute Gasteiger partial charge is 0.326 e. The van der Waals surface area contributed by atoms with Crippen LogP contribution in [0, 0.1) is 13.8 Å². The molecule has 2 rings (SSSR count). The van der Waals surface area contributed by atoms with Crippen LogP contribution in [-0.2, 0) is 6.54 Å². The van der Waals surface area contributed by atoms with Crippen molar-refractivity contribution in [3.63, 3.8) is 0 Å². The summed E-state index contributed by atoms with van der Waals surface area (Å²) >= 11 is 1.87. The summed E-state index contributed by atoms with van der Waals surface area (Å²) in [5.41, 5.74) is 10.1. The average Bonchev–Trinajstić information content (AvgIpc) is 2.64. The fourth-order valence-corrected chi connectivity index (χ4v) is 3.71. The number of thiophene rings is 1. The molecule has 2 aromatic rings. The molecule has 16 heavy (non-hydrogen) atoms. The molecular weight excluding hydrogens is 214 g/mol. The van der Waals surface area contributed by atoms with Crippen LogP contribution in [0.1, 0.15) is 41.3 Å². The van der Waals surface area contributed by atoms with Crippen molar-refractivity contribution in [1.29, 1.82) is 0 Å². The third kappa shape index (κ3) is 1.66. The molecule has 1 aromatic heterocycles. The zero-order valence-electron chi connectivity index (χ0n) is 10.4. The van der Waals surface area contributed by atoms with Gasteiger partial charge in [-0.05, 0) is 41.8 Å². The van der Waals surface area contributed by atoms with E-state index in [2.05, 4.69) is 39.8 Å². The summed E-state index contributed by atoms with van der Waals surface area (Å²) in [5.74, 6) is 0.549. The number of rotatable bonds is 2. The minimum absolute atomic E-state index is 0.549. The van der Waals surface area contributed by atoms with Gasteiger partial charge in [-0.2, -0.15) is 0 Å². The van der Waals surface area contributed by atoms with Gasteiger partial charge in [-0.3, -0.25) is 0 Å². The van der Waals surface area contributed by atoms with Crippen LogP contribution in [0.2, 0.25) is 0 Å². The van der Waals surface area contributed by atoms with Gasteiger partial charge in [0.1, 0.15) is 0 Å². The minimum atomic E-state index is 0.549. The van der Waals surface area contributed by atoms with Crippen LogP contribution in [-0.4, -0.2) is 0 Å². The molecule has 0 unspecified atom stereocenters. The molecule has 2 heteroatoms. The second-order valence-corrected chi connectivity index (χ2v) is 5.81. The zero-order chi connectivity index (χ0) is 11.9. The third-order valence-electron chi connectivity index (χ3n) is 3.12. The maximum atomic E-state index is 5.86. The summed E-state index contributed by atoms with van der Waals surface area (Å²) in [6.45, 7) is 9.54. The second-order valence-electron chi connectivity index (χ2n) is 4.70. The van der Waals surface area contributed by atoms with E-state index in [-0.39, 0.29) is 0 Å². The molecule has 0 amide bonds. The van der Waals surface area contributed by atoms with Gasteiger partial charge in [0.2, 0.25) is 0 Å². The van der Waals surface area contributed by atoms with Gasteiger partial charge in [-0.25, -0.2) is 0 Å². The van der Waals surface area contributed by atoms with Gasteiger partial charge in [-0.1, -0.05) is 26.0 Å². The Balaban J connectivity index is 2.89. The Bertz CT molecular complexity index is 523. The molecule has 0 saturated heterocycles. The highest BCUT2D eigenvalue weighted by Gasteiger charge is 2.16. The molecule has 2 N–H and O–H groups in total. The first kappa shape index (κ1) is 11.6. The molecule has 0 aliphatic rings. The maximum Gasteiger partial charge on any atom is 0.0381 e. The number of aryl methyl sites for hydroxylation is 2. The van der Waals surface area contributed by atoms with Gasteiger partial charge >= 0.3 is 0 Å². The van der Waals surface area contributed by atoms with Crippen LogP contribution in [0.5, 0.6) is 0 Å². The lowest BCUT2D eigenvalue weighted by molar-refractivity contribution is 0.859. The Kier molecular flexibility index (Phi) is 3.04. The molecule has 0 aliphatic carbocycles. The van der Waals surface area contributed by atoms with Crippen molar-refractivity contribution in [2.45, 2.75) is 40.2 Å². The van der Waals surface area contributed by atoms with E-state index in [1.165, 1.54) is 31.7 Å². The van der Waals surface area contributed by atoms with Crippen LogP contribution < -0.4 is 5.73 Å². The highest BCUT2D eigenvalue weighted by molar-refractivity contribution is 7.19. The minimum Gasteiger partial charge on any atom is -0.326 e. The third-order valence-corrected chi connectivity index (χ3v) is 4.48. The van der Waals surface area contributed by atoms with Crippen molar-refractivity contribution in [2.75, 3.05) is 0 Å². The molecule has 0 saturated carbocycles. The predicted molar refractivity (Wildman–Crippen MR) is 73.3 cm³/mol. The number of hydrogen-bond donors (Lipinski definition) is 1. The molecule has 0 aliphatic heterocycles. The number of nitrogens with two attached hydrogens (primary N) is 1. The first-order chi connectivity index (χ1) is 7.56. The van der Waals surface area contributed by atoms with Crippen molar-refractivity contribution >= 4 is 21.4 Å². The summed E-state index contributed by atoms with van der Waals surface area (Å²) in [6.07, 6.45) is 0. The smallest absolute Gasteiger partial charge is 0.0381 e. The van der Waals surface area contributed by atoms with E-state index in [1.807, 2.05) is 11.3 Å². The van der Waals surface area contributed by atoms with Gasteiger partial charge in [0.05, 0.1) is 0 Å². The summed E-state index contributed by atoms with van der Waals surface area (Å²) in [7, 11) is 0. The topological polar surface area (TPSA) is 26.0 Å². The molecule has 0 fully saturated rings. The van der Waals surface area contributed by atoms with E-state index in [0.717, 1.165) is 0 Å². The number of fused-ring (bicyclic) bond motifs is 1. The fourth-order valence-electron chi connectivity index (χ4n) is 2.33. The van der Waals surface area contributed by atoms with Crippen LogP contribution in [0.25, 0.3) is 10.1 Å². The van der Waals surface area contributed by atoms with Gasteiger partial charge in [0.15, 0.2) is 0 Å². The predicted octanol–water partition coefficient (Wildman–Crippen LogP) is 4.10.